The second kappa shape index (κ2) is 4.17. The van der Waals surface area contributed by atoms with Crippen molar-refractivity contribution in [1.82, 2.24) is 10.2 Å². The van der Waals surface area contributed by atoms with Crippen LogP contribution in [0.1, 0.15) is 50.3 Å². The van der Waals surface area contributed by atoms with Crippen molar-refractivity contribution in [2.75, 3.05) is 0 Å². The summed E-state index contributed by atoms with van der Waals surface area (Å²) in [6.07, 6.45) is 12.9. The van der Waals surface area contributed by atoms with Crippen molar-refractivity contribution in [2.45, 2.75) is 45.1 Å². The lowest BCUT2D eigenvalue weighted by atomic mass is 9.49. The molecule has 0 aliphatic heterocycles. The fraction of sp³-hybridized carbons (Fsp3) is 0.733. The summed E-state index contributed by atoms with van der Waals surface area (Å²) in [5.74, 6) is 4.04. The van der Waals surface area contributed by atoms with Crippen molar-refractivity contribution in [3.8, 4) is 0 Å². The molecule has 4 aliphatic carbocycles. The summed E-state index contributed by atoms with van der Waals surface area (Å²) in [5.41, 5.74) is 5.91. The van der Waals surface area contributed by atoms with Gasteiger partial charge in [0.15, 0.2) is 0 Å². The zero-order valence-electron chi connectivity index (χ0n) is 11.2. The van der Waals surface area contributed by atoms with Crippen molar-refractivity contribution in [3.05, 3.63) is 17.9 Å². The average molecular weight is 259 g/mol. The fourth-order valence-corrected chi connectivity index (χ4v) is 5.05. The molecule has 2 N–H and O–H groups in total. The molecule has 19 heavy (non-hydrogen) atoms. The first kappa shape index (κ1) is 11.6. The maximum atomic E-state index is 5.49. The third-order valence-corrected chi connectivity index (χ3v) is 5.32. The van der Waals surface area contributed by atoms with Crippen LogP contribution in [0, 0.1) is 23.2 Å². The fourth-order valence-electron chi connectivity index (χ4n) is 5.05. The van der Waals surface area contributed by atoms with Crippen molar-refractivity contribution in [1.29, 1.82) is 0 Å². The number of rotatable bonds is 3. The average Bonchev–Trinajstić information content (AvgIpc) is 2.83. The van der Waals surface area contributed by atoms with Crippen molar-refractivity contribution in [3.63, 3.8) is 0 Å². The van der Waals surface area contributed by atoms with Gasteiger partial charge < -0.3 is 10.2 Å². The van der Waals surface area contributed by atoms with Gasteiger partial charge in [0.1, 0.15) is 0 Å². The van der Waals surface area contributed by atoms with Gasteiger partial charge in [-0.05, 0) is 67.8 Å². The molecule has 0 spiro atoms. The molecule has 0 aromatic carbocycles. The van der Waals surface area contributed by atoms with E-state index >= 15 is 0 Å². The highest BCUT2D eigenvalue weighted by Crippen LogP contribution is 2.60. The summed E-state index contributed by atoms with van der Waals surface area (Å²) >= 11 is 0. The van der Waals surface area contributed by atoms with Crippen LogP contribution < -0.4 is 5.73 Å². The van der Waals surface area contributed by atoms with Crippen molar-refractivity contribution >= 4 is 6.08 Å². The molecule has 4 aliphatic rings. The monoisotopic (exact) mass is 259 g/mol. The van der Waals surface area contributed by atoms with E-state index in [1.54, 1.807) is 0 Å². The normalized spacial score (nSPS) is 40.4. The van der Waals surface area contributed by atoms with Crippen LogP contribution in [0.15, 0.2) is 10.5 Å². The third-order valence-electron chi connectivity index (χ3n) is 5.32. The second-order valence-electron chi connectivity index (χ2n) is 6.85. The van der Waals surface area contributed by atoms with Gasteiger partial charge in [-0.3, -0.25) is 0 Å². The summed E-state index contributed by atoms with van der Waals surface area (Å²) < 4.78 is 5.46. The molecule has 0 amide bonds. The van der Waals surface area contributed by atoms with Crippen LogP contribution in [0.4, 0.5) is 0 Å². The molecule has 4 fully saturated rings. The Kier molecular flexibility index (Phi) is 2.56. The molecule has 5 rings (SSSR count). The molecule has 1 aromatic heterocycles. The molecule has 1 aromatic rings. The first-order valence-electron chi connectivity index (χ1n) is 7.46. The molecule has 0 atom stereocenters. The van der Waals surface area contributed by atoms with Crippen LogP contribution in [0.25, 0.3) is 6.08 Å². The zero-order valence-corrected chi connectivity index (χ0v) is 11.2. The van der Waals surface area contributed by atoms with Crippen LogP contribution >= 0.6 is 0 Å². The van der Waals surface area contributed by atoms with Gasteiger partial charge in [0.05, 0.1) is 6.54 Å². The lowest BCUT2D eigenvalue weighted by Gasteiger charge is -2.55. The molecule has 4 saturated carbocycles. The molecule has 4 nitrogen and oxygen atoms in total. The van der Waals surface area contributed by atoms with Crippen LogP contribution in [-0.2, 0) is 6.54 Å². The van der Waals surface area contributed by atoms with E-state index in [9.17, 15) is 0 Å². The van der Waals surface area contributed by atoms with Gasteiger partial charge in [0.25, 0.3) is 0 Å². The highest BCUT2D eigenvalue weighted by atomic mass is 16.4. The molecular formula is C15H21N3O. The maximum absolute atomic E-state index is 5.49. The number of hydrogen-bond acceptors (Lipinski definition) is 4. The molecule has 1 heterocycles. The number of nitrogens with zero attached hydrogens (tertiary/aromatic N) is 2. The van der Waals surface area contributed by atoms with Crippen LogP contribution in [0.5, 0.6) is 0 Å². The van der Waals surface area contributed by atoms with E-state index in [-0.39, 0.29) is 0 Å². The Balaban J connectivity index is 1.55. The SMILES string of the molecule is NCc1nnc(/C=C/C23CC4CC(CC(C4)C2)C3)o1. The third kappa shape index (κ3) is 2.02. The van der Waals surface area contributed by atoms with E-state index in [1.807, 2.05) is 6.08 Å². The van der Waals surface area contributed by atoms with Gasteiger partial charge in [-0.2, -0.15) is 0 Å². The highest BCUT2D eigenvalue weighted by Gasteiger charge is 2.49. The molecule has 0 unspecified atom stereocenters. The van der Waals surface area contributed by atoms with E-state index in [4.69, 9.17) is 10.2 Å². The molecule has 0 saturated heterocycles. The predicted molar refractivity (Wildman–Crippen MR) is 71.8 cm³/mol. The predicted octanol–water partition coefficient (Wildman–Crippen LogP) is 2.76. The first-order valence-corrected chi connectivity index (χ1v) is 7.46. The van der Waals surface area contributed by atoms with Crippen molar-refractivity contribution < 1.29 is 4.42 Å². The minimum absolute atomic E-state index is 0.318. The minimum atomic E-state index is 0.318. The van der Waals surface area contributed by atoms with Gasteiger partial charge in [-0.1, -0.05) is 6.08 Å². The van der Waals surface area contributed by atoms with E-state index in [1.165, 1.54) is 38.5 Å². The first-order chi connectivity index (χ1) is 9.25. The minimum Gasteiger partial charge on any atom is -0.420 e. The second-order valence-corrected chi connectivity index (χ2v) is 6.85. The lowest BCUT2D eigenvalue weighted by Crippen LogP contribution is -2.44. The van der Waals surface area contributed by atoms with Gasteiger partial charge in [-0.15, -0.1) is 10.2 Å². The number of nitrogens with two attached hydrogens (primary N) is 1. The topological polar surface area (TPSA) is 64.9 Å². The van der Waals surface area contributed by atoms with E-state index < -0.39 is 0 Å². The smallest absolute Gasteiger partial charge is 0.240 e. The standard InChI is InChI=1S/C15H21N3O/c16-9-14-18-17-13(19-14)1-2-15-6-10-3-11(7-15)5-12(4-10)8-15/h1-2,10-12H,3-9,16H2/b2-1+. The Morgan fingerprint density at radius 2 is 1.74 bits per heavy atom. The molecule has 4 bridgehead atoms. The highest BCUT2D eigenvalue weighted by molar-refractivity contribution is 5.39. The Morgan fingerprint density at radius 3 is 2.26 bits per heavy atom. The van der Waals surface area contributed by atoms with Gasteiger partial charge in [0, 0.05) is 0 Å². The Labute approximate surface area is 113 Å². The van der Waals surface area contributed by atoms with E-state index in [2.05, 4.69) is 16.3 Å². The Hall–Kier alpha value is -1.16. The Bertz CT molecular complexity index is 470. The molecular weight excluding hydrogens is 238 g/mol. The molecule has 0 radical (unpaired) electrons. The quantitative estimate of drug-likeness (QED) is 0.906. The zero-order chi connectivity index (χ0) is 12.9. The summed E-state index contributed by atoms with van der Waals surface area (Å²) in [5, 5.41) is 7.93. The Morgan fingerprint density at radius 1 is 1.11 bits per heavy atom. The maximum Gasteiger partial charge on any atom is 0.240 e. The summed E-state index contributed by atoms with van der Waals surface area (Å²) in [7, 11) is 0. The largest absolute Gasteiger partial charge is 0.420 e. The number of aromatic nitrogens is 2. The van der Waals surface area contributed by atoms with Crippen LogP contribution in [0.3, 0.4) is 0 Å². The van der Waals surface area contributed by atoms with Gasteiger partial charge in [0.2, 0.25) is 11.8 Å². The lowest BCUT2D eigenvalue weighted by molar-refractivity contribution is -0.0233. The van der Waals surface area contributed by atoms with Crippen molar-refractivity contribution in [2.24, 2.45) is 28.9 Å². The van der Waals surface area contributed by atoms with Crippen LogP contribution in [0.2, 0.25) is 0 Å². The van der Waals surface area contributed by atoms with Crippen LogP contribution in [-0.4, -0.2) is 10.2 Å². The number of hydrogen-bond donors (Lipinski definition) is 1. The molecule has 4 heteroatoms. The van der Waals surface area contributed by atoms with E-state index in [0.29, 0.717) is 23.7 Å². The summed E-state index contributed by atoms with van der Waals surface area (Å²) in [6.45, 7) is 0.318. The summed E-state index contributed by atoms with van der Waals surface area (Å²) in [6, 6.07) is 0. The molecule has 102 valence electrons. The number of allylic oxidation sites excluding steroid dienone is 1. The van der Waals surface area contributed by atoms with Gasteiger partial charge >= 0.3 is 0 Å². The van der Waals surface area contributed by atoms with E-state index in [0.717, 1.165) is 17.8 Å². The van der Waals surface area contributed by atoms with Gasteiger partial charge in [-0.25, -0.2) is 0 Å². The summed E-state index contributed by atoms with van der Waals surface area (Å²) in [4.78, 5) is 0.